The molecule has 2 aromatic carbocycles. The number of hydrogen-bond donors (Lipinski definition) is 2. The molecule has 39 heavy (non-hydrogen) atoms. The van der Waals surface area contributed by atoms with Crippen molar-refractivity contribution < 1.29 is 27.2 Å². The Morgan fingerprint density at radius 2 is 1.87 bits per heavy atom. The number of aromatic nitrogens is 2. The van der Waals surface area contributed by atoms with Gasteiger partial charge < -0.3 is 19.6 Å². The maximum Gasteiger partial charge on any atom is 0.417 e. The van der Waals surface area contributed by atoms with Gasteiger partial charge in [-0.3, -0.25) is 9.59 Å². The predicted molar refractivity (Wildman–Crippen MR) is 143 cm³/mol. The molecular weight excluding hydrogens is 577 g/mol. The number of amides is 2. The molecule has 0 atom stereocenters. The number of carbonyl (C=O) groups is 2. The maximum atomic E-state index is 13.6. The Bertz CT molecular complexity index is 1480. The van der Waals surface area contributed by atoms with Crippen LogP contribution in [-0.4, -0.2) is 27.9 Å². The fraction of sp³-hybridized carbons (Fsp3) is 0.179. The summed E-state index contributed by atoms with van der Waals surface area (Å²) in [4.78, 5) is 29.8. The van der Waals surface area contributed by atoms with E-state index in [0.29, 0.717) is 25.1 Å². The summed E-state index contributed by atoms with van der Waals surface area (Å²) >= 11 is 3.07. The number of nitrogens with one attached hydrogen (secondary N) is 2. The second kappa shape index (κ2) is 12.2. The van der Waals surface area contributed by atoms with Crippen LogP contribution in [0.5, 0.6) is 0 Å². The van der Waals surface area contributed by atoms with Gasteiger partial charge in [0.1, 0.15) is 17.2 Å². The molecule has 0 aliphatic carbocycles. The zero-order valence-electron chi connectivity index (χ0n) is 20.8. The molecule has 0 fully saturated rings. The summed E-state index contributed by atoms with van der Waals surface area (Å²) in [6.45, 7) is 2.83. The van der Waals surface area contributed by atoms with Gasteiger partial charge in [0.15, 0.2) is 0 Å². The zero-order valence-corrected chi connectivity index (χ0v) is 22.3. The highest BCUT2D eigenvalue weighted by Gasteiger charge is 2.34. The molecule has 0 spiro atoms. The highest BCUT2D eigenvalue weighted by molar-refractivity contribution is 9.10. The molecule has 0 saturated heterocycles. The van der Waals surface area contributed by atoms with E-state index < -0.39 is 23.6 Å². The van der Waals surface area contributed by atoms with Crippen LogP contribution >= 0.6 is 15.9 Å². The van der Waals surface area contributed by atoms with Gasteiger partial charge in [-0.15, -0.1) is 0 Å². The summed E-state index contributed by atoms with van der Waals surface area (Å²) in [5.74, 6) is -1.03. The molecule has 0 aliphatic heterocycles. The van der Waals surface area contributed by atoms with Crippen LogP contribution in [0.3, 0.4) is 0 Å². The number of halogens is 4. The Balaban J connectivity index is 1.57. The van der Waals surface area contributed by atoms with Crippen LogP contribution in [-0.2, 0) is 17.5 Å². The molecule has 7 nitrogen and oxygen atoms in total. The Kier molecular flexibility index (Phi) is 8.70. The van der Waals surface area contributed by atoms with Crippen molar-refractivity contribution in [1.82, 2.24) is 20.2 Å². The largest absolute Gasteiger partial charge is 0.457 e. The number of imidazole rings is 1. The third-order valence-corrected chi connectivity index (χ3v) is 6.20. The standard InChI is InChI=1S/C28H24BrF3N4O3/c1-18-3-5-19(6-4-18)26(37)35-24(27(38)34-11-2-13-36-14-12-33-17-36)16-21-8-10-25(39-21)22-9-7-20(29)15-23(22)28(30,31)32/h3-10,12,14-17H,2,11,13H2,1H3,(H,34,38)(H,35,37). The average molecular weight is 601 g/mol. The van der Waals surface area contributed by atoms with E-state index in [2.05, 4.69) is 31.5 Å². The van der Waals surface area contributed by atoms with Gasteiger partial charge in [-0.1, -0.05) is 33.6 Å². The van der Waals surface area contributed by atoms with Gasteiger partial charge in [0.2, 0.25) is 0 Å². The lowest BCUT2D eigenvalue weighted by Gasteiger charge is -2.12. The molecule has 4 rings (SSSR count). The van der Waals surface area contributed by atoms with Gasteiger partial charge >= 0.3 is 6.18 Å². The molecule has 4 aromatic rings. The molecule has 202 valence electrons. The first-order valence-corrected chi connectivity index (χ1v) is 12.7. The van der Waals surface area contributed by atoms with Crippen molar-refractivity contribution in [3.05, 3.63) is 106 Å². The van der Waals surface area contributed by atoms with Gasteiger partial charge in [-0.25, -0.2) is 4.98 Å². The van der Waals surface area contributed by atoms with Crippen LogP contribution in [0.2, 0.25) is 0 Å². The summed E-state index contributed by atoms with van der Waals surface area (Å²) in [5, 5.41) is 5.35. The van der Waals surface area contributed by atoms with Crippen molar-refractivity contribution in [1.29, 1.82) is 0 Å². The van der Waals surface area contributed by atoms with Crippen molar-refractivity contribution in [3.8, 4) is 11.3 Å². The van der Waals surface area contributed by atoms with E-state index in [1.165, 1.54) is 30.3 Å². The monoisotopic (exact) mass is 600 g/mol. The third-order valence-electron chi connectivity index (χ3n) is 5.71. The molecule has 0 bridgehead atoms. The summed E-state index contributed by atoms with van der Waals surface area (Å²) < 4.78 is 48.7. The van der Waals surface area contributed by atoms with Gasteiger partial charge in [-0.2, -0.15) is 13.2 Å². The minimum absolute atomic E-state index is 0.0361. The maximum absolute atomic E-state index is 13.6. The summed E-state index contributed by atoms with van der Waals surface area (Å²) in [5.41, 5.74) is 0.164. The SMILES string of the molecule is Cc1ccc(C(=O)NC(=Cc2ccc(-c3ccc(Br)cc3C(F)(F)F)o2)C(=O)NCCCn2ccnc2)cc1. The highest BCUT2D eigenvalue weighted by atomic mass is 79.9. The minimum Gasteiger partial charge on any atom is -0.457 e. The number of hydrogen-bond acceptors (Lipinski definition) is 4. The van der Waals surface area contributed by atoms with Crippen molar-refractivity contribution in [2.75, 3.05) is 6.54 Å². The number of furan rings is 1. The third kappa shape index (κ3) is 7.47. The summed E-state index contributed by atoms with van der Waals surface area (Å²) in [6, 6.07) is 13.4. The van der Waals surface area contributed by atoms with Crippen molar-refractivity contribution in [3.63, 3.8) is 0 Å². The number of benzene rings is 2. The van der Waals surface area contributed by atoms with E-state index in [1.54, 1.807) is 43.0 Å². The molecule has 0 saturated carbocycles. The lowest BCUT2D eigenvalue weighted by molar-refractivity contribution is -0.137. The molecule has 2 heterocycles. The van der Waals surface area contributed by atoms with Crippen LogP contribution in [0, 0.1) is 6.92 Å². The van der Waals surface area contributed by atoms with Crippen molar-refractivity contribution in [2.24, 2.45) is 0 Å². The van der Waals surface area contributed by atoms with E-state index in [4.69, 9.17) is 4.42 Å². The second-order valence-corrected chi connectivity index (χ2v) is 9.59. The van der Waals surface area contributed by atoms with Gasteiger partial charge in [-0.05, 0) is 55.8 Å². The Labute approximate surface area is 230 Å². The average Bonchev–Trinajstić information content (AvgIpc) is 3.58. The summed E-state index contributed by atoms with van der Waals surface area (Å²) in [7, 11) is 0. The van der Waals surface area contributed by atoms with E-state index in [0.717, 1.165) is 11.6 Å². The summed E-state index contributed by atoms with van der Waals surface area (Å²) in [6.07, 6.45) is 2.41. The van der Waals surface area contributed by atoms with Crippen molar-refractivity contribution in [2.45, 2.75) is 26.1 Å². The molecule has 2 amide bonds. The number of alkyl halides is 3. The molecule has 11 heteroatoms. The van der Waals surface area contributed by atoms with Gasteiger partial charge in [0.05, 0.1) is 11.9 Å². The number of rotatable bonds is 9. The van der Waals surface area contributed by atoms with Crippen LogP contribution in [0.15, 0.2) is 87.9 Å². The quantitative estimate of drug-likeness (QED) is 0.176. The van der Waals surface area contributed by atoms with Crippen LogP contribution in [0.4, 0.5) is 13.2 Å². The first-order valence-electron chi connectivity index (χ1n) is 11.9. The fourth-order valence-electron chi connectivity index (χ4n) is 3.72. The normalized spacial score (nSPS) is 11.9. The van der Waals surface area contributed by atoms with Crippen molar-refractivity contribution >= 4 is 33.8 Å². The first kappa shape index (κ1) is 27.9. The smallest absolute Gasteiger partial charge is 0.417 e. The minimum atomic E-state index is -4.61. The van der Waals surface area contributed by atoms with Crippen LogP contribution in [0.1, 0.15) is 33.7 Å². The Morgan fingerprint density at radius 3 is 2.56 bits per heavy atom. The Hall–Kier alpha value is -4.12. The second-order valence-electron chi connectivity index (χ2n) is 8.68. The molecule has 0 unspecified atom stereocenters. The highest BCUT2D eigenvalue weighted by Crippen LogP contribution is 2.39. The molecule has 0 aliphatic rings. The lowest BCUT2D eigenvalue weighted by Crippen LogP contribution is -2.35. The number of nitrogens with zero attached hydrogens (tertiary/aromatic N) is 2. The molecule has 2 aromatic heterocycles. The van der Waals surface area contributed by atoms with Crippen LogP contribution in [0.25, 0.3) is 17.4 Å². The topological polar surface area (TPSA) is 89.2 Å². The Morgan fingerprint density at radius 1 is 1.10 bits per heavy atom. The van der Waals surface area contributed by atoms with Crippen LogP contribution < -0.4 is 10.6 Å². The van der Waals surface area contributed by atoms with Gasteiger partial charge in [0.25, 0.3) is 11.8 Å². The number of carbonyl (C=O) groups excluding carboxylic acids is 2. The van der Waals surface area contributed by atoms with E-state index >= 15 is 0 Å². The van der Waals surface area contributed by atoms with E-state index in [9.17, 15) is 22.8 Å². The molecule has 0 radical (unpaired) electrons. The molecular formula is C28H24BrF3N4O3. The van der Waals surface area contributed by atoms with E-state index in [1.807, 2.05) is 11.5 Å². The first-order chi connectivity index (χ1) is 18.6. The number of aryl methyl sites for hydroxylation is 2. The van der Waals surface area contributed by atoms with Gasteiger partial charge in [0, 0.05) is 47.2 Å². The molecule has 2 N–H and O–H groups in total. The predicted octanol–water partition coefficient (Wildman–Crippen LogP) is 6.21. The zero-order chi connectivity index (χ0) is 28.0. The van der Waals surface area contributed by atoms with E-state index in [-0.39, 0.29) is 27.3 Å². The lowest BCUT2D eigenvalue weighted by atomic mass is 10.1. The fourth-order valence-corrected chi connectivity index (χ4v) is 4.08.